The zero-order valence-corrected chi connectivity index (χ0v) is 14.3. The largest absolute Gasteiger partial charge is 0.478 e. The Labute approximate surface area is 148 Å². The number of alkyl halides is 3. The molecule has 2 N–H and O–H groups in total. The van der Waals surface area contributed by atoms with Gasteiger partial charge in [-0.3, -0.25) is 4.79 Å². The van der Waals surface area contributed by atoms with Crippen LogP contribution in [0.4, 0.5) is 24.5 Å². The molecule has 1 fully saturated rings. The number of hydrogen-bond donors (Lipinski definition) is 2. The van der Waals surface area contributed by atoms with Crippen molar-refractivity contribution in [2.75, 3.05) is 43.4 Å². The van der Waals surface area contributed by atoms with Gasteiger partial charge in [-0.2, -0.15) is 13.2 Å². The summed E-state index contributed by atoms with van der Waals surface area (Å²) >= 11 is 0. The van der Waals surface area contributed by atoms with E-state index in [2.05, 4.69) is 16.8 Å². The fraction of sp³-hybridized carbons (Fsp3) is 0.412. The van der Waals surface area contributed by atoms with Crippen LogP contribution in [0.25, 0.3) is 0 Å². The third-order valence-electron chi connectivity index (χ3n) is 4.12. The molecular weight excluding hydrogens is 351 g/mol. The number of rotatable bonds is 5. The van der Waals surface area contributed by atoms with E-state index in [1.165, 1.54) is 6.07 Å². The van der Waals surface area contributed by atoms with Crippen molar-refractivity contribution in [3.8, 4) is 0 Å². The number of likely N-dealkylation sites (N-methyl/N-ethyl adjacent to an activating group) is 1. The molecule has 2 rings (SSSR count). The second kappa shape index (κ2) is 7.77. The third-order valence-corrected chi connectivity index (χ3v) is 4.12. The van der Waals surface area contributed by atoms with E-state index in [-0.39, 0.29) is 11.3 Å². The van der Waals surface area contributed by atoms with Crippen molar-refractivity contribution < 1.29 is 27.9 Å². The summed E-state index contributed by atoms with van der Waals surface area (Å²) in [6.45, 7) is 5.95. The Morgan fingerprint density at radius 3 is 2.38 bits per heavy atom. The number of benzene rings is 1. The van der Waals surface area contributed by atoms with E-state index in [1.54, 1.807) is 0 Å². The quantitative estimate of drug-likeness (QED) is 0.778. The first-order valence-electron chi connectivity index (χ1n) is 7.93. The number of amides is 1. The molecule has 0 spiro atoms. The van der Waals surface area contributed by atoms with E-state index in [0.717, 1.165) is 25.2 Å². The number of hydrogen-bond acceptors (Lipinski definition) is 4. The lowest BCUT2D eigenvalue weighted by molar-refractivity contribution is -0.137. The Balaban J connectivity index is 2.28. The lowest BCUT2D eigenvalue weighted by Crippen LogP contribution is -2.44. The molecule has 9 heteroatoms. The molecule has 1 amide bonds. The molecule has 0 aromatic heterocycles. The summed E-state index contributed by atoms with van der Waals surface area (Å²) < 4.78 is 39.1. The van der Waals surface area contributed by atoms with Crippen molar-refractivity contribution >= 4 is 23.3 Å². The number of carbonyl (C=O) groups is 2. The van der Waals surface area contributed by atoms with Crippen molar-refractivity contribution in [2.24, 2.45) is 0 Å². The van der Waals surface area contributed by atoms with Gasteiger partial charge in [0.15, 0.2) is 0 Å². The van der Waals surface area contributed by atoms with Gasteiger partial charge < -0.3 is 20.2 Å². The maximum Gasteiger partial charge on any atom is 0.416 e. The van der Waals surface area contributed by atoms with Crippen LogP contribution >= 0.6 is 0 Å². The molecule has 26 heavy (non-hydrogen) atoms. The second-order valence-electron chi connectivity index (χ2n) is 6.15. The van der Waals surface area contributed by atoms with E-state index in [9.17, 15) is 22.8 Å². The van der Waals surface area contributed by atoms with Gasteiger partial charge in [0, 0.05) is 31.8 Å². The average Bonchev–Trinajstić information content (AvgIpc) is 2.54. The van der Waals surface area contributed by atoms with Crippen molar-refractivity contribution in [3.63, 3.8) is 0 Å². The summed E-state index contributed by atoms with van der Waals surface area (Å²) in [7, 11) is 1.95. The Hall–Kier alpha value is -2.55. The summed E-state index contributed by atoms with van der Waals surface area (Å²) in [5.41, 5.74) is -0.744. The van der Waals surface area contributed by atoms with Gasteiger partial charge in [-0.25, -0.2) is 4.79 Å². The highest BCUT2D eigenvalue weighted by atomic mass is 19.4. The Morgan fingerprint density at radius 2 is 1.85 bits per heavy atom. The van der Waals surface area contributed by atoms with E-state index >= 15 is 0 Å². The van der Waals surface area contributed by atoms with Crippen molar-refractivity contribution in [1.29, 1.82) is 0 Å². The van der Waals surface area contributed by atoms with Gasteiger partial charge >= 0.3 is 12.1 Å². The lowest BCUT2D eigenvalue weighted by atomic mass is 10.1. The molecule has 0 radical (unpaired) electrons. The summed E-state index contributed by atoms with van der Waals surface area (Å²) in [6.07, 6.45) is -5.06. The monoisotopic (exact) mass is 371 g/mol. The number of anilines is 2. The van der Waals surface area contributed by atoms with Gasteiger partial charge in [0.05, 0.1) is 23.4 Å². The van der Waals surface area contributed by atoms with Gasteiger partial charge in [0.2, 0.25) is 5.91 Å². The predicted molar refractivity (Wildman–Crippen MR) is 91.2 cm³/mol. The van der Waals surface area contributed by atoms with Crippen molar-refractivity contribution in [2.45, 2.75) is 12.6 Å². The number of carboxylic acid groups (broad SMARTS) is 1. The van der Waals surface area contributed by atoms with Gasteiger partial charge in [-0.05, 0) is 25.2 Å². The zero-order valence-electron chi connectivity index (χ0n) is 14.3. The van der Waals surface area contributed by atoms with Crippen molar-refractivity contribution in [1.82, 2.24) is 4.90 Å². The molecule has 142 valence electrons. The van der Waals surface area contributed by atoms with Gasteiger partial charge in [0.25, 0.3) is 0 Å². The van der Waals surface area contributed by atoms with E-state index in [1.807, 2.05) is 11.9 Å². The van der Waals surface area contributed by atoms with Crippen molar-refractivity contribution in [3.05, 3.63) is 35.9 Å². The zero-order chi connectivity index (χ0) is 19.5. The first-order chi connectivity index (χ1) is 12.1. The van der Waals surface area contributed by atoms with Gasteiger partial charge in [-0.15, -0.1) is 0 Å². The number of aliphatic carboxylic acids is 1. The standard InChI is InChI=1S/C17H20F3N3O3/c1-11(16(25)26)9-15(24)21-13-10-12(17(18,19)20)3-4-14(13)23-7-5-22(2)6-8-23/h3-4,10H,1,5-9H2,2H3,(H,21,24)(H,25,26). The molecule has 1 saturated heterocycles. The highest BCUT2D eigenvalue weighted by Crippen LogP contribution is 2.36. The summed E-state index contributed by atoms with van der Waals surface area (Å²) in [4.78, 5) is 26.8. The van der Waals surface area contributed by atoms with Crippen LogP contribution in [-0.2, 0) is 15.8 Å². The van der Waals surface area contributed by atoms with Crippen LogP contribution in [0, 0.1) is 0 Å². The highest BCUT2D eigenvalue weighted by Gasteiger charge is 2.32. The van der Waals surface area contributed by atoms with E-state index in [0.29, 0.717) is 18.8 Å². The van der Waals surface area contributed by atoms with E-state index in [4.69, 9.17) is 5.11 Å². The topological polar surface area (TPSA) is 72.9 Å². The van der Waals surface area contributed by atoms with Crippen LogP contribution in [0.5, 0.6) is 0 Å². The average molecular weight is 371 g/mol. The number of piperazine rings is 1. The third kappa shape index (κ3) is 4.98. The Bertz CT molecular complexity index is 711. The minimum Gasteiger partial charge on any atom is -0.478 e. The minimum atomic E-state index is -4.55. The number of carbonyl (C=O) groups excluding carboxylic acids is 1. The molecule has 0 aliphatic carbocycles. The fourth-order valence-corrected chi connectivity index (χ4v) is 2.60. The smallest absolute Gasteiger partial charge is 0.416 e. The molecule has 1 heterocycles. The lowest BCUT2D eigenvalue weighted by Gasteiger charge is -2.35. The second-order valence-corrected chi connectivity index (χ2v) is 6.15. The number of carboxylic acids is 1. The Morgan fingerprint density at radius 1 is 1.23 bits per heavy atom. The molecule has 1 aromatic rings. The first-order valence-corrected chi connectivity index (χ1v) is 7.93. The normalized spacial score (nSPS) is 15.6. The van der Waals surface area contributed by atoms with Gasteiger partial charge in [0.1, 0.15) is 0 Å². The summed E-state index contributed by atoms with van der Waals surface area (Å²) in [5.74, 6) is -2.06. The SMILES string of the molecule is C=C(CC(=O)Nc1cc(C(F)(F)F)ccc1N1CCN(C)CC1)C(=O)O. The molecule has 0 bridgehead atoms. The van der Waals surface area contributed by atoms with Crippen LogP contribution in [0.3, 0.4) is 0 Å². The molecule has 6 nitrogen and oxygen atoms in total. The fourth-order valence-electron chi connectivity index (χ4n) is 2.60. The first kappa shape index (κ1) is 19.8. The van der Waals surface area contributed by atoms with Crippen LogP contribution < -0.4 is 10.2 Å². The summed E-state index contributed by atoms with van der Waals surface area (Å²) in [5, 5.41) is 11.2. The number of nitrogens with one attached hydrogen (secondary N) is 1. The maximum atomic E-state index is 13.0. The summed E-state index contributed by atoms with van der Waals surface area (Å²) in [6, 6.07) is 3.17. The number of halogens is 3. The highest BCUT2D eigenvalue weighted by molar-refractivity contribution is 6.00. The van der Waals surface area contributed by atoms with Crippen LogP contribution in [0.1, 0.15) is 12.0 Å². The molecule has 1 aromatic carbocycles. The van der Waals surface area contributed by atoms with E-state index < -0.39 is 30.0 Å². The Kier molecular flexibility index (Phi) is 5.91. The molecule has 1 aliphatic heterocycles. The molecule has 0 atom stereocenters. The maximum absolute atomic E-state index is 13.0. The van der Waals surface area contributed by atoms with Crippen LogP contribution in [0.15, 0.2) is 30.4 Å². The minimum absolute atomic E-state index is 0.00701. The number of nitrogens with zero attached hydrogens (tertiary/aromatic N) is 2. The molecule has 0 saturated carbocycles. The predicted octanol–water partition coefficient (Wildman–Crippen LogP) is 2.43. The van der Waals surface area contributed by atoms with Gasteiger partial charge in [-0.1, -0.05) is 6.58 Å². The molecule has 1 aliphatic rings. The van der Waals surface area contributed by atoms with Crippen LogP contribution in [-0.4, -0.2) is 55.1 Å². The molecular formula is C17H20F3N3O3. The molecule has 0 unspecified atom stereocenters. The van der Waals surface area contributed by atoms with Crippen LogP contribution in [0.2, 0.25) is 0 Å².